The van der Waals surface area contributed by atoms with Crippen LogP contribution in [0.1, 0.15) is 39.5 Å². The molecule has 2 aliphatic rings. The van der Waals surface area contributed by atoms with Crippen LogP contribution in [0.25, 0.3) is 0 Å². The third-order valence-corrected chi connectivity index (χ3v) is 5.65. The maximum Gasteiger partial charge on any atom is 0.319 e. The van der Waals surface area contributed by atoms with Gasteiger partial charge in [-0.05, 0) is 75.1 Å². The van der Waals surface area contributed by atoms with Gasteiger partial charge in [0.1, 0.15) is 5.75 Å². The summed E-state index contributed by atoms with van der Waals surface area (Å²) in [5, 5.41) is 8.63. The fourth-order valence-corrected chi connectivity index (χ4v) is 4.42. The monoisotopic (exact) mass is 359 g/mol. The zero-order valence-corrected chi connectivity index (χ0v) is 15.6. The Balaban J connectivity index is 1.43. The van der Waals surface area contributed by atoms with Gasteiger partial charge in [0, 0.05) is 18.3 Å². The first kappa shape index (κ1) is 18.5. The number of urea groups is 1. The minimum atomic E-state index is -0.170. The van der Waals surface area contributed by atoms with Crippen molar-refractivity contribution in [1.29, 1.82) is 0 Å². The average molecular weight is 359 g/mol. The predicted octanol–water partition coefficient (Wildman–Crippen LogP) is 3.15. The predicted molar refractivity (Wildman–Crippen MR) is 101 cm³/mol. The lowest BCUT2D eigenvalue weighted by Gasteiger charge is -2.28. The van der Waals surface area contributed by atoms with E-state index < -0.39 is 0 Å². The van der Waals surface area contributed by atoms with Crippen molar-refractivity contribution in [2.45, 2.75) is 45.6 Å². The summed E-state index contributed by atoms with van der Waals surface area (Å²) >= 11 is 0. The van der Waals surface area contributed by atoms with Crippen LogP contribution in [0.15, 0.2) is 24.3 Å². The molecule has 4 atom stereocenters. The Bertz CT molecular complexity index is 632. The van der Waals surface area contributed by atoms with Crippen molar-refractivity contribution < 1.29 is 14.3 Å². The molecule has 0 aliphatic heterocycles. The van der Waals surface area contributed by atoms with E-state index in [0.29, 0.717) is 23.9 Å². The van der Waals surface area contributed by atoms with Crippen molar-refractivity contribution in [3.63, 3.8) is 0 Å². The zero-order chi connectivity index (χ0) is 18.5. The van der Waals surface area contributed by atoms with Gasteiger partial charge in [-0.15, -0.1) is 0 Å². The van der Waals surface area contributed by atoms with Crippen molar-refractivity contribution in [1.82, 2.24) is 10.6 Å². The Morgan fingerprint density at radius 1 is 1.19 bits per heavy atom. The molecule has 0 spiro atoms. The quantitative estimate of drug-likeness (QED) is 0.700. The molecule has 2 bridgehead atoms. The van der Waals surface area contributed by atoms with E-state index in [1.807, 2.05) is 6.92 Å². The van der Waals surface area contributed by atoms with Gasteiger partial charge in [-0.25, -0.2) is 4.79 Å². The minimum Gasteiger partial charge on any atom is -0.484 e. The number of carbonyl (C=O) groups is 2. The molecule has 3 amide bonds. The number of carbonyl (C=O) groups excluding carboxylic acids is 2. The van der Waals surface area contributed by atoms with Crippen LogP contribution >= 0.6 is 0 Å². The first-order valence-electron chi connectivity index (χ1n) is 9.62. The number of nitrogens with one attached hydrogen (secondary N) is 3. The molecule has 1 aromatic carbocycles. The van der Waals surface area contributed by atoms with E-state index in [-0.39, 0.29) is 24.6 Å². The molecule has 6 nitrogen and oxygen atoms in total. The van der Waals surface area contributed by atoms with E-state index in [4.69, 9.17) is 4.74 Å². The highest BCUT2D eigenvalue weighted by Gasteiger charge is 2.42. The Hall–Kier alpha value is -2.24. The summed E-state index contributed by atoms with van der Waals surface area (Å²) in [6.45, 7) is 4.55. The van der Waals surface area contributed by atoms with E-state index in [2.05, 4.69) is 22.9 Å². The summed E-state index contributed by atoms with van der Waals surface area (Å²) in [5.74, 6) is 2.73. The van der Waals surface area contributed by atoms with E-state index in [9.17, 15) is 9.59 Å². The summed E-state index contributed by atoms with van der Waals surface area (Å²) < 4.78 is 5.40. The second-order valence-electron chi connectivity index (χ2n) is 7.49. The highest BCUT2D eigenvalue weighted by molar-refractivity contribution is 5.89. The number of hydrogen-bond donors (Lipinski definition) is 3. The Labute approximate surface area is 155 Å². The Kier molecular flexibility index (Phi) is 6.01. The first-order chi connectivity index (χ1) is 12.5. The van der Waals surface area contributed by atoms with Crippen LogP contribution in [-0.4, -0.2) is 31.1 Å². The fourth-order valence-electron chi connectivity index (χ4n) is 4.42. The van der Waals surface area contributed by atoms with E-state index in [1.54, 1.807) is 24.3 Å². The number of anilines is 1. The van der Waals surface area contributed by atoms with Crippen molar-refractivity contribution >= 4 is 17.6 Å². The molecule has 26 heavy (non-hydrogen) atoms. The van der Waals surface area contributed by atoms with Crippen LogP contribution in [-0.2, 0) is 4.79 Å². The van der Waals surface area contributed by atoms with Crippen LogP contribution in [0.4, 0.5) is 10.5 Å². The molecule has 0 saturated heterocycles. The first-order valence-corrected chi connectivity index (χ1v) is 9.62. The molecule has 0 aromatic heterocycles. The number of hydrogen-bond acceptors (Lipinski definition) is 3. The van der Waals surface area contributed by atoms with Gasteiger partial charge < -0.3 is 20.7 Å². The smallest absolute Gasteiger partial charge is 0.319 e. The molecule has 1 aromatic rings. The van der Waals surface area contributed by atoms with Gasteiger partial charge in [-0.3, -0.25) is 4.79 Å². The summed E-state index contributed by atoms with van der Waals surface area (Å²) in [6.07, 6.45) is 5.29. The lowest BCUT2D eigenvalue weighted by atomic mass is 9.84. The molecule has 0 radical (unpaired) electrons. The minimum absolute atomic E-state index is 0.0117. The van der Waals surface area contributed by atoms with Crippen molar-refractivity contribution in [2.75, 3.05) is 18.5 Å². The normalized spacial score (nSPS) is 24.8. The molecule has 0 heterocycles. The molecule has 0 unspecified atom stereocenters. The van der Waals surface area contributed by atoms with Crippen LogP contribution in [0, 0.1) is 17.8 Å². The van der Waals surface area contributed by atoms with Gasteiger partial charge in [0.15, 0.2) is 6.61 Å². The van der Waals surface area contributed by atoms with E-state index in [0.717, 1.165) is 11.8 Å². The number of benzene rings is 1. The van der Waals surface area contributed by atoms with Crippen molar-refractivity contribution in [3.05, 3.63) is 24.3 Å². The SMILES string of the molecule is CCNC(=O)COc1ccc(NC(=O)N[C@@H](C)[C@H]2C[C@H]3CC[C@H]2C3)cc1. The number of ether oxygens (including phenoxy) is 1. The van der Waals surface area contributed by atoms with Gasteiger partial charge in [0.2, 0.25) is 0 Å². The van der Waals surface area contributed by atoms with Crippen molar-refractivity contribution in [2.24, 2.45) is 17.8 Å². The van der Waals surface area contributed by atoms with Crippen LogP contribution in [0.5, 0.6) is 5.75 Å². The molecule has 6 heteroatoms. The van der Waals surface area contributed by atoms with Gasteiger partial charge >= 0.3 is 6.03 Å². The molecular formula is C20H29N3O3. The molecule has 2 aliphatic carbocycles. The molecule has 2 fully saturated rings. The Morgan fingerprint density at radius 3 is 2.58 bits per heavy atom. The lowest BCUT2D eigenvalue weighted by Crippen LogP contribution is -2.42. The highest BCUT2D eigenvalue weighted by atomic mass is 16.5. The summed E-state index contributed by atoms with van der Waals surface area (Å²) in [5.41, 5.74) is 0.702. The highest BCUT2D eigenvalue weighted by Crippen LogP contribution is 2.49. The number of fused-ring (bicyclic) bond motifs is 2. The fraction of sp³-hybridized carbons (Fsp3) is 0.600. The maximum absolute atomic E-state index is 12.3. The van der Waals surface area contributed by atoms with Gasteiger partial charge in [0.05, 0.1) is 0 Å². The largest absolute Gasteiger partial charge is 0.484 e. The second-order valence-corrected chi connectivity index (χ2v) is 7.49. The zero-order valence-electron chi connectivity index (χ0n) is 15.6. The van der Waals surface area contributed by atoms with Gasteiger partial charge in [0.25, 0.3) is 5.91 Å². The Morgan fingerprint density at radius 2 is 1.96 bits per heavy atom. The number of rotatable bonds is 7. The van der Waals surface area contributed by atoms with Crippen LogP contribution in [0.3, 0.4) is 0 Å². The average Bonchev–Trinajstić information content (AvgIpc) is 3.24. The lowest BCUT2D eigenvalue weighted by molar-refractivity contribution is -0.122. The molecule has 3 rings (SSSR count). The van der Waals surface area contributed by atoms with E-state index >= 15 is 0 Å². The summed E-state index contributed by atoms with van der Waals surface area (Å²) in [6, 6.07) is 7.06. The molecule has 142 valence electrons. The number of likely N-dealkylation sites (N-methyl/N-ethyl adjacent to an activating group) is 1. The van der Waals surface area contributed by atoms with Crippen molar-refractivity contribution in [3.8, 4) is 5.75 Å². The third kappa shape index (κ3) is 4.68. The van der Waals surface area contributed by atoms with Crippen LogP contribution in [0.2, 0.25) is 0 Å². The summed E-state index contributed by atoms with van der Waals surface area (Å²) in [7, 11) is 0. The molecule has 3 N–H and O–H groups in total. The maximum atomic E-state index is 12.3. The standard InChI is InChI=1S/C20H29N3O3/c1-3-21-19(24)12-26-17-8-6-16(7-9-17)23-20(25)22-13(2)18-11-14-4-5-15(18)10-14/h6-9,13-15,18H,3-5,10-12H2,1-2H3,(H,21,24)(H2,22,23,25)/t13-,14-,15-,18+/m0/s1. The summed E-state index contributed by atoms with van der Waals surface area (Å²) in [4.78, 5) is 23.6. The van der Waals surface area contributed by atoms with Crippen LogP contribution < -0.4 is 20.7 Å². The third-order valence-electron chi connectivity index (χ3n) is 5.65. The van der Waals surface area contributed by atoms with Gasteiger partial charge in [-0.1, -0.05) is 6.42 Å². The number of amides is 3. The second kappa shape index (κ2) is 8.43. The van der Waals surface area contributed by atoms with Gasteiger partial charge in [-0.2, -0.15) is 0 Å². The topological polar surface area (TPSA) is 79.5 Å². The molecule has 2 saturated carbocycles. The van der Waals surface area contributed by atoms with E-state index in [1.165, 1.54) is 25.7 Å². The molecular weight excluding hydrogens is 330 g/mol.